The Hall–Kier alpha value is -1.52. The van der Waals surface area contributed by atoms with Crippen molar-refractivity contribution >= 4 is 5.97 Å². The molecule has 0 spiro atoms. The first-order chi connectivity index (χ1) is 6.15. The fourth-order valence-corrected chi connectivity index (χ4v) is 0.887. The van der Waals surface area contributed by atoms with E-state index in [1.807, 2.05) is 6.92 Å². The van der Waals surface area contributed by atoms with Crippen LogP contribution >= 0.6 is 0 Å². The maximum atomic E-state index is 10.6. The molecule has 0 aliphatic rings. The lowest BCUT2D eigenvalue weighted by molar-refractivity contribution is -0.140. The molecule has 0 bridgehead atoms. The van der Waals surface area contributed by atoms with Gasteiger partial charge in [0.15, 0.2) is 5.75 Å². The molecule has 1 atom stereocenters. The Morgan fingerprint density at radius 1 is 1.85 bits per heavy atom. The third-order valence-corrected chi connectivity index (χ3v) is 1.64. The largest absolute Gasteiger partial charge is 0.491 e. The summed E-state index contributed by atoms with van der Waals surface area (Å²) in [6, 6.07) is -0.658. The van der Waals surface area contributed by atoms with E-state index in [1.54, 1.807) is 13.1 Å². The van der Waals surface area contributed by atoms with Gasteiger partial charge in [0.05, 0.1) is 19.0 Å². The number of hydrogen-bond donors (Lipinski definition) is 1. The van der Waals surface area contributed by atoms with Crippen molar-refractivity contribution in [3.05, 3.63) is 12.4 Å². The van der Waals surface area contributed by atoms with E-state index < -0.39 is 12.0 Å². The maximum Gasteiger partial charge on any atom is 0.328 e. The number of nitrogens with zero attached hydrogens (tertiary/aromatic N) is 2. The summed E-state index contributed by atoms with van der Waals surface area (Å²) in [7, 11) is 0. The first-order valence-electron chi connectivity index (χ1n) is 4.05. The van der Waals surface area contributed by atoms with Crippen LogP contribution in [-0.2, 0) is 4.79 Å². The van der Waals surface area contributed by atoms with Gasteiger partial charge in [-0.3, -0.25) is 4.68 Å². The van der Waals surface area contributed by atoms with Crippen molar-refractivity contribution < 1.29 is 14.6 Å². The molecule has 1 aromatic rings. The number of hydrogen-bond acceptors (Lipinski definition) is 3. The van der Waals surface area contributed by atoms with Crippen LogP contribution in [0, 0.1) is 0 Å². The molecular formula is C8H12N2O3. The molecule has 1 aromatic heterocycles. The summed E-state index contributed by atoms with van der Waals surface area (Å²) >= 11 is 0. The second-order valence-electron chi connectivity index (χ2n) is 2.60. The number of carboxylic acids is 1. The standard InChI is InChI=1S/C8H12N2O3/c1-3-13-7-4-9-10(5-7)6(2)8(11)12/h4-6H,3H2,1-2H3,(H,11,12). The minimum Gasteiger partial charge on any atom is -0.491 e. The van der Waals surface area contributed by atoms with E-state index in [4.69, 9.17) is 9.84 Å². The van der Waals surface area contributed by atoms with Gasteiger partial charge in [0, 0.05) is 0 Å². The third kappa shape index (κ3) is 2.21. The van der Waals surface area contributed by atoms with Gasteiger partial charge < -0.3 is 9.84 Å². The Morgan fingerprint density at radius 3 is 3.08 bits per heavy atom. The van der Waals surface area contributed by atoms with Crippen molar-refractivity contribution in [3.63, 3.8) is 0 Å². The molecule has 72 valence electrons. The summed E-state index contributed by atoms with van der Waals surface area (Å²) in [5.74, 6) is -0.318. The number of aromatic nitrogens is 2. The lowest BCUT2D eigenvalue weighted by atomic mass is 10.3. The molecule has 0 saturated carbocycles. The zero-order valence-electron chi connectivity index (χ0n) is 7.60. The summed E-state index contributed by atoms with van der Waals surface area (Å²) in [5, 5.41) is 12.5. The quantitative estimate of drug-likeness (QED) is 0.755. The zero-order valence-corrected chi connectivity index (χ0v) is 7.60. The van der Waals surface area contributed by atoms with E-state index in [-0.39, 0.29) is 0 Å². The number of carbonyl (C=O) groups is 1. The van der Waals surface area contributed by atoms with Crippen LogP contribution in [0.2, 0.25) is 0 Å². The average molecular weight is 184 g/mol. The highest BCUT2D eigenvalue weighted by Crippen LogP contribution is 2.12. The Kier molecular flexibility index (Phi) is 2.89. The number of aliphatic carboxylic acids is 1. The van der Waals surface area contributed by atoms with Crippen LogP contribution in [-0.4, -0.2) is 27.5 Å². The van der Waals surface area contributed by atoms with E-state index in [9.17, 15) is 4.79 Å². The highest BCUT2D eigenvalue weighted by molar-refractivity contribution is 5.71. The van der Waals surface area contributed by atoms with Gasteiger partial charge in [0.1, 0.15) is 6.04 Å². The lowest BCUT2D eigenvalue weighted by Gasteiger charge is -2.04. The first kappa shape index (κ1) is 9.57. The van der Waals surface area contributed by atoms with Crippen LogP contribution in [0.1, 0.15) is 19.9 Å². The Balaban J connectivity index is 2.73. The van der Waals surface area contributed by atoms with Crippen LogP contribution in [0.25, 0.3) is 0 Å². The van der Waals surface area contributed by atoms with Crippen LogP contribution in [0.5, 0.6) is 5.75 Å². The highest BCUT2D eigenvalue weighted by atomic mass is 16.5. The zero-order chi connectivity index (χ0) is 9.84. The molecule has 0 fully saturated rings. The van der Waals surface area contributed by atoms with Gasteiger partial charge >= 0.3 is 5.97 Å². The molecule has 1 unspecified atom stereocenters. The van der Waals surface area contributed by atoms with Crippen molar-refractivity contribution in [1.29, 1.82) is 0 Å². The SMILES string of the molecule is CCOc1cnn(C(C)C(=O)O)c1. The predicted octanol–water partition coefficient (Wildman–Crippen LogP) is 0.927. The average Bonchev–Trinajstić information content (AvgIpc) is 2.52. The smallest absolute Gasteiger partial charge is 0.328 e. The molecule has 5 heteroatoms. The van der Waals surface area contributed by atoms with Crippen molar-refractivity contribution in [2.75, 3.05) is 6.61 Å². The van der Waals surface area contributed by atoms with E-state index in [0.29, 0.717) is 12.4 Å². The van der Waals surface area contributed by atoms with Gasteiger partial charge in [-0.2, -0.15) is 5.10 Å². The van der Waals surface area contributed by atoms with Gasteiger partial charge in [-0.15, -0.1) is 0 Å². The first-order valence-corrected chi connectivity index (χ1v) is 4.05. The molecule has 0 saturated heterocycles. The summed E-state index contributed by atoms with van der Waals surface area (Å²) in [5.41, 5.74) is 0. The lowest BCUT2D eigenvalue weighted by Crippen LogP contribution is -2.15. The summed E-state index contributed by atoms with van der Waals surface area (Å²) in [4.78, 5) is 10.6. The van der Waals surface area contributed by atoms with E-state index in [0.717, 1.165) is 0 Å². The monoisotopic (exact) mass is 184 g/mol. The van der Waals surface area contributed by atoms with E-state index in [2.05, 4.69) is 5.10 Å². The molecule has 0 aromatic carbocycles. The molecule has 0 amide bonds. The third-order valence-electron chi connectivity index (χ3n) is 1.64. The maximum absolute atomic E-state index is 10.6. The summed E-state index contributed by atoms with van der Waals surface area (Å²) in [6.45, 7) is 3.97. The minimum atomic E-state index is -0.911. The van der Waals surface area contributed by atoms with Crippen LogP contribution in [0.15, 0.2) is 12.4 Å². The predicted molar refractivity (Wildman–Crippen MR) is 45.7 cm³/mol. The van der Waals surface area contributed by atoms with Crippen molar-refractivity contribution in [3.8, 4) is 5.75 Å². The molecule has 1 N–H and O–H groups in total. The van der Waals surface area contributed by atoms with Crippen LogP contribution < -0.4 is 4.74 Å². The number of carboxylic acid groups (broad SMARTS) is 1. The molecule has 0 aliphatic carbocycles. The fraction of sp³-hybridized carbons (Fsp3) is 0.500. The van der Waals surface area contributed by atoms with Crippen molar-refractivity contribution in [2.45, 2.75) is 19.9 Å². The molecule has 5 nitrogen and oxygen atoms in total. The van der Waals surface area contributed by atoms with Gasteiger partial charge in [0.2, 0.25) is 0 Å². The topological polar surface area (TPSA) is 64.4 Å². The minimum absolute atomic E-state index is 0.549. The summed E-state index contributed by atoms with van der Waals surface area (Å²) < 4.78 is 6.49. The number of rotatable bonds is 4. The van der Waals surface area contributed by atoms with Crippen molar-refractivity contribution in [1.82, 2.24) is 9.78 Å². The molecule has 1 heterocycles. The second kappa shape index (κ2) is 3.93. The van der Waals surface area contributed by atoms with E-state index in [1.165, 1.54) is 10.9 Å². The Morgan fingerprint density at radius 2 is 2.54 bits per heavy atom. The molecular weight excluding hydrogens is 172 g/mol. The molecule has 0 radical (unpaired) electrons. The molecule has 0 aliphatic heterocycles. The van der Waals surface area contributed by atoms with Crippen LogP contribution in [0.4, 0.5) is 0 Å². The van der Waals surface area contributed by atoms with E-state index >= 15 is 0 Å². The molecule has 1 rings (SSSR count). The molecule has 13 heavy (non-hydrogen) atoms. The van der Waals surface area contributed by atoms with Gasteiger partial charge in [-0.1, -0.05) is 0 Å². The Labute approximate surface area is 75.9 Å². The fourth-order valence-electron chi connectivity index (χ4n) is 0.887. The van der Waals surface area contributed by atoms with Gasteiger partial charge in [-0.25, -0.2) is 4.79 Å². The van der Waals surface area contributed by atoms with Crippen molar-refractivity contribution in [2.24, 2.45) is 0 Å². The summed E-state index contributed by atoms with van der Waals surface area (Å²) in [6.07, 6.45) is 3.07. The van der Waals surface area contributed by atoms with Crippen LogP contribution in [0.3, 0.4) is 0 Å². The number of ether oxygens (including phenoxy) is 1. The van der Waals surface area contributed by atoms with Gasteiger partial charge in [0.25, 0.3) is 0 Å². The normalized spacial score (nSPS) is 12.5. The highest BCUT2D eigenvalue weighted by Gasteiger charge is 2.13. The Bertz CT molecular complexity index is 295. The second-order valence-corrected chi connectivity index (χ2v) is 2.60. The van der Waals surface area contributed by atoms with Gasteiger partial charge in [-0.05, 0) is 13.8 Å².